The molecule has 0 unspecified atom stereocenters. The van der Waals surface area contributed by atoms with Crippen LogP contribution in [-0.2, 0) is 16.0 Å². The lowest BCUT2D eigenvalue weighted by Gasteiger charge is -2.26. The molecule has 4 rings (SSSR count). The van der Waals surface area contributed by atoms with Gasteiger partial charge in [-0.3, -0.25) is 19.5 Å². The average molecular weight is 490 g/mol. The Morgan fingerprint density at radius 2 is 2.00 bits per heavy atom. The molecule has 9 nitrogen and oxygen atoms in total. The summed E-state index contributed by atoms with van der Waals surface area (Å²) in [6.07, 6.45) is 11.3. The van der Waals surface area contributed by atoms with Gasteiger partial charge in [-0.1, -0.05) is 25.0 Å². The molecule has 1 saturated heterocycles. The normalized spacial score (nSPS) is 18.7. The highest BCUT2D eigenvalue weighted by Crippen LogP contribution is 2.31. The van der Waals surface area contributed by atoms with Gasteiger partial charge in [-0.2, -0.15) is 4.98 Å². The molecule has 2 aliphatic rings. The fraction of sp³-hybridized carbons (Fsp3) is 0.444. The van der Waals surface area contributed by atoms with Crippen LogP contribution in [0.25, 0.3) is 5.57 Å². The van der Waals surface area contributed by atoms with E-state index in [1.807, 2.05) is 38.1 Å². The molecule has 2 amide bonds. The van der Waals surface area contributed by atoms with Gasteiger partial charge in [-0.05, 0) is 57.2 Å². The summed E-state index contributed by atoms with van der Waals surface area (Å²) in [4.78, 5) is 39.8. The molecule has 190 valence electrons. The predicted octanol–water partition coefficient (Wildman–Crippen LogP) is 3.58. The second kappa shape index (κ2) is 11.8. The number of nitrogens with two attached hydrogens (primary N) is 1. The number of carbonyl (C=O) groups excluding carboxylic acids is 2. The van der Waals surface area contributed by atoms with Gasteiger partial charge in [0, 0.05) is 60.0 Å². The maximum atomic E-state index is 12.2. The van der Waals surface area contributed by atoms with E-state index < -0.39 is 0 Å². The van der Waals surface area contributed by atoms with Gasteiger partial charge in [0.05, 0.1) is 0 Å². The number of nitrogens with one attached hydrogen (secondary N) is 2. The highest BCUT2D eigenvalue weighted by molar-refractivity contribution is 6.09. The van der Waals surface area contributed by atoms with Crippen molar-refractivity contribution in [2.45, 2.75) is 64.5 Å². The largest absolute Gasteiger partial charge is 0.404 e. The molecule has 36 heavy (non-hydrogen) atoms. The second-order valence-electron chi connectivity index (χ2n) is 9.67. The van der Waals surface area contributed by atoms with E-state index in [2.05, 4.69) is 20.6 Å². The topological polar surface area (TPSA) is 126 Å². The van der Waals surface area contributed by atoms with Crippen molar-refractivity contribution < 1.29 is 9.59 Å². The minimum Gasteiger partial charge on any atom is -0.404 e. The van der Waals surface area contributed by atoms with Crippen LogP contribution in [0.15, 0.2) is 41.7 Å². The number of allylic oxidation sites excluding steroid dienone is 1. The molecule has 2 heterocycles. The molecule has 1 aromatic carbocycles. The van der Waals surface area contributed by atoms with Crippen LogP contribution in [0.2, 0.25) is 0 Å². The van der Waals surface area contributed by atoms with Crippen LogP contribution in [-0.4, -0.2) is 47.1 Å². The molecule has 2 aromatic rings. The number of carbonyl (C=O) groups is 2. The van der Waals surface area contributed by atoms with Gasteiger partial charge in [-0.15, -0.1) is 0 Å². The molecule has 0 radical (unpaired) electrons. The van der Waals surface area contributed by atoms with Crippen LogP contribution in [0.5, 0.6) is 0 Å². The molecular weight excluding hydrogens is 454 g/mol. The molecule has 2 fully saturated rings. The SMILES string of the molecule is CC(C)N=C/C(=C\N)c1ccc(Nc2ncc(C[C@@H]3CCNC3=O)c(N(C=O)C3CCCC3)n2)cc1. The zero-order chi connectivity index (χ0) is 25.5. The van der Waals surface area contributed by atoms with E-state index in [1.165, 1.54) is 0 Å². The van der Waals surface area contributed by atoms with Gasteiger partial charge in [0.1, 0.15) is 5.82 Å². The first-order chi connectivity index (χ1) is 17.5. The molecule has 9 heteroatoms. The Balaban J connectivity index is 1.57. The molecule has 4 N–H and O–H groups in total. The first-order valence-electron chi connectivity index (χ1n) is 12.7. The van der Waals surface area contributed by atoms with E-state index in [-0.39, 0.29) is 23.9 Å². The summed E-state index contributed by atoms with van der Waals surface area (Å²) in [6, 6.07) is 8.07. The van der Waals surface area contributed by atoms with Crippen LogP contribution >= 0.6 is 0 Å². The van der Waals surface area contributed by atoms with Crippen LogP contribution < -0.4 is 21.3 Å². The van der Waals surface area contributed by atoms with Gasteiger partial charge in [0.2, 0.25) is 18.3 Å². The van der Waals surface area contributed by atoms with E-state index in [0.29, 0.717) is 24.7 Å². The van der Waals surface area contributed by atoms with E-state index in [9.17, 15) is 9.59 Å². The number of anilines is 3. The number of nitrogens with zero attached hydrogens (tertiary/aromatic N) is 4. The number of hydrogen-bond donors (Lipinski definition) is 3. The predicted molar refractivity (Wildman–Crippen MR) is 143 cm³/mol. The lowest BCUT2D eigenvalue weighted by atomic mass is 9.99. The number of rotatable bonds is 10. The Bertz CT molecular complexity index is 1120. The Morgan fingerprint density at radius 3 is 2.61 bits per heavy atom. The summed E-state index contributed by atoms with van der Waals surface area (Å²) in [6.45, 7) is 4.70. The minimum atomic E-state index is -0.125. The number of hydrogen-bond acceptors (Lipinski definition) is 7. The molecular formula is C27H35N7O2. The smallest absolute Gasteiger partial charge is 0.229 e. The van der Waals surface area contributed by atoms with Crippen LogP contribution in [0, 0.1) is 5.92 Å². The maximum absolute atomic E-state index is 12.2. The van der Waals surface area contributed by atoms with E-state index in [4.69, 9.17) is 10.7 Å². The molecule has 1 atom stereocenters. The fourth-order valence-electron chi connectivity index (χ4n) is 4.74. The van der Waals surface area contributed by atoms with E-state index in [0.717, 1.165) is 60.9 Å². The molecule has 1 aliphatic carbocycles. The summed E-state index contributed by atoms with van der Waals surface area (Å²) < 4.78 is 0. The molecule has 0 spiro atoms. The Kier molecular flexibility index (Phi) is 8.30. The Hall–Kier alpha value is -3.75. The first kappa shape index (κ1) is 25.3. The van der Waals surface area contributed by atoms with Crippen molar-refractivity contribution in [3.05, 3.63) is 47.8 Å². The zero-order valence-corrected chi connectivity index (χ0v) is 21.0. The van der Waals surface area contributed by atoms with Crippen molar-refractivity contribution in [2.75, 3.05) is 16.8 Å². The van der Waals surface area contributed by atoms with Gasteiger partial charge in [-0.25, -0.2) is 4.98 Å². The second-order valence-corrected chi connectivity index (χ2v) is 9.67. The Labute approximate surface area is 212 Å². The number of benzene rings is 1. The fourth-order valence-corrected chi connectivity index (χ4v) is 4.74. The van der Waals surface area contributed by atoms with E-state index in [1.54, 1.807) is 23.5 Å². The van der Waals surface area contributed by atoms with Gasteiger partial charge in [0.25, 0.3) is 0 Å². The summed E-state index contributed by atoms with van der Waals surface area (Å²) in [5.41, 5.74) is 9.22. The van der Waals surface area contributed by atoms with Crippen molar-refractivity contribution in [1.82, 2.24) is 15.3 Å². The lowest BCUT2D eigenvalue weighted by molar-refractivity contribution is -0.122. The number of amides is 2. The average Bonchev–Trinajstić information content (AvgIpc) is 3.55. The standard InChI is InChI=1S/C27H35N7O2/c1-18(2)30-16-22(14-28)19-7-9-23(10-8-19)32-27-31-15-21(13-20-11-12-29-26(20)36)25(33-27)34(17-35)24-5-3-4-6-24/h7-10,14-18,20,24H,3-6,11-13,28H2,1-2H3,(H,29,36)(H,31,32,33)/b22-14+,30-16?/t20-/m0/s1. The van der Waals surface area contributed by atoms with Crippen LogP contribution in [0.4, 0.5) is 17.5 Å². The van der Waals surface area contributed by atoms with Crippen molar-refractivity contribution in [3.8, 4) is 0 Å². The highest BCUT2D eigenvalue weighted by atomic mass is 16.2. The number of aromatic nitrogens is 2. The molecule has 1 aliphatic heterocycles. The Morgan fingerprint density at radius 1 is 1.25 bits per heavy atom. The van der Waals surface area contributed by atoms with E-state index >= 15 is 0 Å². The third-order valence-electron chi connectivity index (χ3n) is 6.71. The molecule has 1 saturated carbocycles. The first-order valence-corrected chi connectivity index (χ1v) is 12.7. The third-order valence-corrected chi connectivity index (χ3v) is 6.71. The van der Waals surface area contributed by atoms with Crippen molar-refractivity contribution >= 4 is 41.6 Å². The van der Waals surface area contributed by atoms with Gasteiger partial charge in [0.15, 0.2) is 0 Å². The number of aliphatic imine (C=N–C) groups is 1. The monoisotopic (exact) mass is 489 g/mol. The third kappa shape index (κ3) is 6.08. The summed E-state index contributed by atoms with van der Waals surface area (Å²) in [5, 5.41) is 6.14. The highest BCUT2D eigenvalue weighted by Gasteiger charge is 2.30. The zero-order valence-electron chi connectivity index (χ0n) is 21.0. The maximum Gasteiger partial charge on any atom is 0.229 e. The van der Waals surface area contributed by atoms with Crippen molar-refractivity contribution in [1.29, 1.82) is 0 Å². The quantitative estimate of drug-likeness (QED) is 0.346. The lowest BCUT2D eigenvalue weighted by Crippen LogP contribution is -2.34. The van der Waals surface area contributed by atoms with Gasteiger partial charge < -0.3 is 16.4 Å². The van der Waals surface area contributed by atoms with Crippen molar-refractivity contribution in [2.24, 2.45) is 16.6 Å². The van der Waals surface area contributed by atoms with Gasteiger partial charge >= 0.3 is 0 Å². The van der Waals surface area contributed by atoms with Crippen LogP contribution in [0.3, 0.4) is 0 Å². The van der Waals surface area contributed by atoms with Crippen molar-refractivity contribution in [3.63, 3.8) is 0 Å². The summed E-state index contributed by atoms with van der Waals surface area (Å²) in [7, 11) is 0. The van der Waals surface area contributed by atoms with Crippen LogP contribution in [0.1, 0.15) is 57.1 Å². The molecule has 0 bridgehead atoms. The minimum absolute atomic E-state index is 0.0473. The molecule has 1 aromatic heterocycles. The summed E-state index contributed by atoms with van der Waals surface area (Å²) in [5.74, 6) is 0.910. The summed E-state index contributed by atoms with van der Waals surface area (Å²) >= 11 is 0.